The maximum absolute atomic E-state index is 10.7. The van der Waals surface area contributed by atoms with Crippen LogP contribution in [0.2, 0.25) is 0 Å². The summed E-state index contributed by atoms with van der Waals surface area (Å²) in [7, 11) is 0. The number of carbonyl (C=O) groups excluding carboxylic acids is 1. The van der Waals surface area contributed by atoms with Crippen LogP contribution in [-0.2, 0) is 4.79 Å². The molecule has 1 aliphatic rings. The highest BCUT2D eigenvalue weighted by Gasteiger charge is 2.03. The lowest BCUT2D eigenvalue weighted by molar-refractivity contribution is -0.112. The molecule has 0 bridgehead atoms. The molecular weight excluding hydrogens is 132 g/mol. The van der Waals surface area contributed by atoms with E-state index in [-0.39, 0.29) is 5.78 Å². The molecular formula is C7H8OS. The van der Waals surface area contributed by atoms with E-state index in [1.54, 1.807) is 18.7 Å². The van der Waals surface area contributed by atoms with Gasteiger partial charge in [0, 0.05) is 5.75 Å². The molecule has 0 saturated carbocycles. The summed E-state index contributed by atoms with van der Waals surface area (Å²) in [5.74, 6) is 1.11. The van der Waals surface area contributed by atoms with Crippen LogP contribution in [0.1, 0.15) is 6.92 Å². The van der Waals surface area contributed by atoms with Crippen LogP contribution >= 0.6 is 11.8 Å². The van der Waals surface area contributed by atoms with E-state index < -0.39 is 0 Å². The fourth-order valence-electron chi connectivity index (χ4n) is 0.616. The van der Waals surface area contributed by atoms with Gasteiger partial charge >= 0.3 is 0 Å². The standard InChI is InChI=1S/C7H8OS/c1-6(8)7-4-2-3-5-9-7/h2-4H,5H2,1H3. The Morgan fingerprint density at radius 1 is 1.78 bits per heavy atom. The number of rotatable bonds is 1. The third kappa shape index (κ3) is 1.72. The summed E-state index contributed by atoms with van der Waals surface area (Å²) in [5, 5.41) is 0. The lowest BCUT2D eigenvalue weighted by Gasteiger charge is -2.02. The van der Waals surface area contributed by atoms with Gasteiger partial charge in [-0.25, -0.2) is 0 Å². The van der Waals surface area contributed by atoms with Gasteiger partial charge in [-0.3, -0.25) is 4.79 Å². The van der Waals surface area contributed by atoms with Gasteiger partial charge in [0.15, 0.2) is 5.78 Å². The van der Waals surface area contributed by atoms with Crippen molar-refractivity contribution in [3.05, 3.63) is 23.1 Å². The van der Waals surface area contributed by atoms with Crippen LogP contribution in [0.25, 0.3) is 0 Å². The van der Waals surface area contributed by atoms with Crippen LogP contribution in [-0.4, -0.2) is 11.5 Å². The van der Waals surface area contributed by atoms with Crippen LogP contribution in [0.15, 0.2) is 23.1 Å². The highest BCUT2D eigenvalue weighted by Crippen LogP contribution is 2.19. The van der Waals surface area contributed by atoms with E-state index in [1.807, 2.05) is 18.2 Å². The largest absolute Gasteiger partial charge is 0.294 e. The lowest BCUT2D eigenvalue weighted by Crippen LogP contribution is -1.94. The maximum atomic E-state index is 10.7. The molecule has 1 aliphatic heterocycles. The molecule has 0 aromatic rings. The third-order valence-electron chi connectivity index (χ3n) is 1.07. The quantitative estimate of drug-likeness (QED) is 0.552. The van der Waals surface area contributed by atoms with E-state index in [0.717, 1.165) is 10.7 Å². The first-order valence-electron chi connectivity index (χ1n) is 2.81. The number of allylic oxidation sites excluding steroid dienone is 3. The highest BCUT2D eigenvalue weighted by atomic mass is 32.2. The van der Waals surface area contributed by atoms with E-state index in [4.69, 9.17) is 0 Å². The Balaban J connectivity index is 2.68. The Labute approximate surface area is 58.8 Å². The molecule has 1 heterocycles. The SMILES string of the molecule is CC(=O)C1=CC=CCS1. The Morgan fingerprint density at radius 2 is 2.56 bits per heavy atom. The van der Waals surface area contributed by atoms with Crippen LogP contribution in [0.5, 0.6) is 0 Å². The van der Waals surface area contributed by atoms with Crippen molar-refractivity contribution >= 4 is 17.5 Å². The molecule has 48 valence electrons. The minimum Gasteiger partial charge on any atom is -0.294 e. The third-order valence-corrected chi connectivity index (χ3v) is 2.16. The monoisotopic (exact) mass is 140 g/mol. The summed E-state index contributed by atoms with van der Waals surface area (Å²) in [6.07, 6.45) is 5.82. The number of Topliss-reactive ketones (excluding diaryl/α,β-unsaturated/α-hetero) is 1. The second kappa shape index (κ2) is 2.87. The predicted molar refractivity (Wildman–Crippen MR) is 40.4 cm³/mol. The Hall–Kier alpha value is -0.500. The molecule has 0 spiro atoms. The maximum Gasteiger partial charge on any atom is 0.166 e. The number of hydrogen-bond acceptors (Lipinski definition) is 2. The zero-order valence-corrected chi connectivity index (χ0v) is 6.07. The normalized spacial score (nSPS) is 17.2. The fraction of sp³-hybridized carbons (Fsp3) is 0.286. The smallest absolute Gasteiger partial charge is 0.166 e. The Kier molecular flexibility index (Phi) is 2.11. The first-order valence-corrected chi connectivity index (χ1v) is 3.80. The fourth-order valence-corrected chi connectivity index (χ4v) is 1.38. The molecule has 9 heavy (non-hydrogen) atoms. The second-order valence-corrected chi connectivity index (χ2v) is 2.89. The van der Waals surface area contributed by atoms with Gasteiger partial charge in [0.1, 0.15) is 0 Å². The van der Waals surface area contributed by atoms with Gasteiger partial charge < -0.3 is 0 Å². The van der Waals surface area contributed by atoms with Crippen molar-refractivity contribution in [1.29, 1.82) is 0 Å². The van der Waals surface area contributed by atoms with Crippen LogP contribution in [0.4, 0.5) is 0 Å². The van der Waals surface area contributed by atoms with Crippen molar-refractivity contribution in [2.75, 3.05) is 5.75 Å². The molecule has 1 rings (SSSR count). The van der Waals surface area contributed by atoms with Crippen molar-refractivity contribution in [2.45, 2.75) is 6.92 Å². The average Bonchev–Trinajstić information content (AvgIpc) is 1.90. The number of carbonyl (C=O) groups is 1. The molecule has 2 heteroatoms. The van der Waals surface area contributed by atoms with E-state index >= 15 is 0 Å². The Bertz CT molecular complexity index is 179. The van der Waals surface area contributed by atoms with Crippen molar-refractivity contribution < 1.29 is 4.79 Å². The summed E-state index contributed by atoms with van der Waals surface area (Å²) < 4.78 is 0. The molecule has 0 aromatic carbocycles. The minimum absolute atomic E-state index is 0.171. The van der Waals surface area contributed by atoms with Gasteiger partial charge in [0.2, 0.25) is 0 Å². The van der Waals surface area contributed by atoms with Crippen molar-refractivity contribution in [3.63, 3.8) is 0 Å². The van der Waals surface area contributed by atoms with Gasteiger partial charge in [0.25, 0.3) is 0 Å². The summed E-state index contributed by atoms with van der Waals surface area (Å²) in [4.78, 5) is 11.5. The van der Waals surface area contributed by atoms with E-state index in [2.05, 4.69) is 0 Å². The minimum atomic E-state index is 0.171. The van der Waals surface area contributed by atoms with Crippen LogP contribution in [0.3, 0.4) is 0 Å². The first kappa shape index (κ1) is 6.62. The molecule has 0 saturated heterocycles. The average molecular weight is 140 g/mol. The predicted octanol–water partition coefficient (Wildman–Crippen LogP) is 1.76. The summed E-state index contributed by atoms with van der Waals surface area (Å²) in [6.45, 7) is 1.60. The van der Waals surface area contributed by atoms with Crippen LogP contribution in [0, 0.1) is 0 Å². The zero-order valence-electron chi connectivity index (χ0n) is 5.26. The zero-order chi connectivity index (χ0) is 6.69. The second-order valence-electron chi connectivity index (χ2n) is 1.83. The molecule has 0 aliphatic carbocycles. The molecule has 0 unspecified atom stereocenters. The molecule has 0 amide bonds. The molecule has 0 radical (unpaired) electrons. The van der Waals surface area contributed by atoms with Gasteiger partial charge in [-0.2, -0.15) is 0 Å². The lowest BCUT2D eigenvalue weighted by atomic mass is 10.3. The van der Waals surface area contributed by atoms with Gasteiger partial charge in [-0.05, 0) is 13.0 Å². The van der Waals surface area contributed by atoms with Crippen LogP contribution < -0.4 is 0 Å². The molecule has 0 aromatic heterocycles. The van der Waals surface area contributed by atoms with E-state index in [9.17, 15) is 4.79 Å². The number of hydrogen-bond donors (Lipinski definition) is 0. The summed E-state index contributed by atoms with van der Waals surface area (Å²) in [6, 6.07) is 0. The molecule has 0 atom stereocenters. The van der Waals surface area contributed by atoms with Gasteiger partial charge in [-0.15, -0.1) is 11.8 Å². The first-order chi connectivity index (χ1) is 4.30. The van der Waals surface area contributed by atoms with E-state index in [0.29, 0.717) is 0 Å². The van der Waals surface area contributed by atoms with Crippen molar-refractivity contribution in [3.8, 4) is 0 Å². The van der Waals surface area contributed by atoms with Gasteiger partial charge in [0.05, 0.1) is 4.91 Å². The highest BCUT2D eigenvalue weighted by molar-refractivity contribution is 8.04. The molecule has 0 fully saturated rings. The molecule has 1 nitrogen and oxygen atoms in total. The Morgan fingerprint density at radius 3 is 2.89 bits per heavy atom. The van der Waals surface area contributed by atoms with Crippen molar-refractivity contribution in [1.82, 2.24) is 0 Å². The summed E-state index contributed by atoms with van der Waals surface area (Å²) >= 11 is 1.60. The summed E-state index contributed by atoms with van der Waals surface area (Å²) in [5.41, 5.74) is 0. The van der Waals surface area contributed by atoms with Gasteiger partial charge in [-0.1, -0.05) is 12.2 Å². The number of thioether (sulfide) groups is 1. The number of ketones is 1. The molecule has 0 N–H and O–H groups in total. The van der Waals surface area contributed by atoms with E-state index in [1.165, 1.54) is 0 Å². The van der Waals surface area contributed by atoms with Crippen molar-refractivity contribution in [2.24, 2.45) is 0 Å². The topological polar surface area (TPSA) is 17.1 Å².